The van der Waals surface area contributed by atoms with E-state index in [4.69, 9.17) is 0 Å². The standard InChI is InChI=1S/C15H22N4O3/c1-10(2)9-12(14(21)22)17-13(20)11-5-6-16-15(18-11)19-7-3-4-8-19/h5-6,10,12H,3-4,7-9H2,1-2H3,(H,17,20)(H,21,22)/t12-/m0/s1. The summed E-state index contributed by atoms with van der Waals surface area (Å²) in [7, 11) is 0. The number of aliphatic carboxylic acids is 1. The summed E-state index contributed by atoms with van der Waals surface area (Å²) in [5.41, 5.74) is 0.201. The fraction of sp³-hybridized carbons (Fsp3) is 0.600. The predicted molar refractivity (Wildman–Crippen MR) is 81.8 cm³/mol. The molecule has 0 aromatic carbocycles. The molecular formula is C15H22N4O3. The van der Waals surface area contributed by atoms with Gasteiger partial charge in [-0.1, -0.05) is 13.8 Å². The molecule has 1 aromatic rings. The van der Waals surface area contributed by atoms with Crippen LogP contribution in [0.15, 0.2) is 12.3 Å². The Balaban J connectivity index is 2.08. The molecule has 1 aromatic heterocycles. The van der Waals surface area contributed by atoms with Crippen LogP contribution in [0.25, 0.3) is 0 Å². The number of hydrogen-bond donors (Lipinski definition) is 2. The van der Waals surface area contributed by atoms with Crippen LogP contribution < -0.4 is 10.2 Å². The number of amides is 1. The van der Waals surface area contributed by atoms with Crippen molar-refractivity contribution in [2.24, 2.45) is 5.92 Å². The first kappa shape index (κ1) is 16.2. The largest absolute Gasteiger partial charge is 0.480 e. The average Bonchev–Trinajstić information content (AvgIpc) is 3.00. The van der Waals surface area contributed by atoms with Crippen LogP contribution in [-0.2, 0) is 4.79 Å². The Hall–Kier alpha value is -2.18. The van der Waals surface area contributed by atoms with Gasteiger partial charge in [0.15, 0.2) is 0 Å². The lowest BCUT2D eigenvalue weighted by molar-refractivity contribution is -0.139. The zero-order valence-corrected chi connectivity index (χ0v) is 13.0. The molecule has 1 aliphatic heterocycles. The molecule has 1 amide bonds. The maximum Gasteiger partial charge on any atom is 0.326 e. The second kappa shape index (κ2) is 7.20. The summed E-state index contributed by atoms with van der Waals surface area (Å²) in [4.78, 5) is 33.9. The van der Waals surface area contributed by atoms with Crippen molar-refractivity contribution in [3.05, 3.63) is 18.0 Å². The van der Waals surface area contributed by atoms with Gasteiger partial charge in [-0.05, 0) is 31.2 Å². The fourth-order valence-electron chi connectivity index (χ4n) is 2.47. The summed E-state index contributed by atoms with van der Waals surface area (Å²) in [5, 5.41) is 11.7. The maximum absolute atomic E-state index is 12.2. The fourth-order valence-corrected chi connectivity index (χ4v) is 2.47. The summed E-state index contributed by atoms with van der Waals surface area (Å²) in [6.07, 6.45) is 4.10. The molecule has 0 aliphatic carbocycles. The van der Waals surface area contributed by atoms with Crippen molar-refractivity contribution in [2.45, 2.75) is 39.2 Å². The van der Waals surface area contributed by atoms with Crippen LogP contribution in [-0.4, -0.2) is 46.1 Å². The van der Waals surface area contributed by atoms with E-state index in [1.54, 1.807) is 0 Å². The zero-order chi connectivity index (χ0) is 16.1. The first-order valence-electron chi connectivity index (χ1n) is 7.59. The van der Waals surface area contributed by atoms with E-state index < -0.39 is 17.9 Å². The number of nitrogens with one attached hydrogen (secondary N) is 1. The van der Waals surface area contributed by atoms with Crippen LogP contribution in [0.3, 0.4) is 0 Å². The van der Waals surface area contributed by atoms with Crippen molar-refractivity contribution in [2.75, 3.05) is 18.0 Å². The van der Waals surface area contributed by atoms with Gasteiger partial charge < -0.3 is 15.3 Å². The highest BCUT2D eigenvalue weighted by Gasteiger charge is 2.23. The number of nitrogens with zero attached hydrogens (tertiary/aromatic N) is 3. The van der Waals surface area contributed by atoms with Gasteiger partial charge in [0, 0.05) is 19.3 Å². The number of aromatic nitrogens is 2. The van der Waals surface area contributed by atoms with Gasteiger partial charge in [0.05, 0.1) is 0 Å². The van der Waals surface area contributed by atoms with Gasteiger partial charge in [-0.25, -0.2) is 14.8 Å². The summed E-state index contributed by atoms with van der Waals surface area (Å²) in [6, 6.07) is 0.598. The van der Waals surface area contributed by atoms with Crippen LogP contribution in [0.4, 0.5) is 5.95 Å². The average molecular weight is 306 g/mol. The Morgan fingerprint density at radius 1 is 1.36 bits per heavy atom. The number of carbonyl (C=O) groups excluding carboxylic acids is 1. The number of carboxylic acids is 1. The lowest BCUT2D eigenvalue weighted by Crippen LogP contribution is -2.42. The van der Waals surface area contributed by atoms with Gasteiger partial charge in [-0.3, -0.25) is 4.79 Å². The van der Waals surface area contributed by atoms with Crippen LogP contribution in [0.1, 0.15) is 43.6 Å². The Morgan fingerprint density at radius 3 is 2.64 bits per heavy atom. The number of carboxylic acid groups (broad SMARTS) is 1. The second-order valence-electron chi connectivity index (χ2n) is 5.93. The van der Waals surface area contributed by atoms with Crippen molar-refractivity contribution in [1.82, 2.24) is 15.3 Å². The molecule has 1 aliphatic rings. The summed E-state index contributed by atoms with van der Waals surface area (Å²) in [6.45, 7) is 5.60. The number of carbonyl (C=O) groups is 2. The number of hydrogen-bond acceptors (Lipinski definition) is 5. The van der Waals surface area contributed by atoms with Gasteiger partial charge in [-0.15, -0.1) is 0 Å². The molecule has 22 heavy (non-hydrogen) atoms. The predicted octanol–water partition coefficient (Wildman–Crippen LogP) is 1.31. The Morgan fingerprint density at radius 2 is 2.05 bits per heavy atom. The van der Waals surface area contributed by atoms with E-state index in [1.807, 2.05) is 18.7 Å². The molecule has 1 fully saturated rings. The van der Waals surface area contributed by atoms with Crippen molar-refractivity contribution < 1.29 is 14.7 Å². The number of rotatable bonds is 6. The molecule has 0 unspecified atom stereocenters. The lowest BCUT2D eigenvalue weighted by Gasteiger charge is -2.17. The first-order valence-corrected chi connectivity index (χ1v) is 7.59. The molecule has 2 rings (SSSR count). The van der Waals surface area contributed by atoms with Gasteiger partial charge in [-0.2, -0.15) is 0 Å². The van der Waals surface area contributed by atoms with Gasteiger partial charge in [0.1, 0.15) is 11.7 Å². The SMILES string of the molecule is CC(C)C[C@H](NC(=O)c1ccnc(N2CCCC2)n1)C(=O)O. The van der Waals surface area contributed by atoms with E-state index in [1.165, 1.54) is 12.3 Å². The van der Waals surface area contributed by atoms with Crippen molar-refractivity contribution in [1.29, 1.82) is 0 Å². The van der Waals surface area contributed by atoms with Crippen molar-refractivity contribution in [3.63, 3.8) is 0 Å². The van der Waals surface area contributed by atoms with Crippen molar-refractivity contribution in [3.8, 4) is 0 Å². The quantitative estimate of drug-likeness (QED) is 0.822. The van der Waals surface area contributed by atoms with Crippen LogP contribution in [0.2, 0.25) is 0 Å². The molecule has 0 spiro atoms. The minimum Gasteiger partial charge on any atom is -0.480 e. The van der Waals surface area contributed by atoms with Gasteiger partial charge in [0.2, 0.25) is 5.95 Å². The monoisotopic (exact) mass is 306 g/mol. The van der Waals surface area contributed by atoms with E-state index in [-0.39, 0.29) is 11.6 Å². The molecule has 0 bridgehead atoms. The minimum absolute atomic E-state index is 0.173. The third-order valence-electron chi connectivity index (χ3n) is 3.57. The zero-order valence-electron chi connectivity index (χ0n) is 13.0. The summed E-state index contributed by atoms with van der Waals surface area (Å²) >= 11 is 0. The number of anilines is 1. The van der Waals surface area contributed by atoms with Crippen LogP contribution in [0.5, 0.6) is 0 Å². The molecule has 1 saturated heterocycles. The highest BCUT2D eigenvalue weighted by molar-refractivity contribution is 5.95. The van der Waals surface area contributed by atoms with Crippen LogP contribution in [0, 0.1) is 5.92 Å². The maximum atomic E-state index is 12.2. The molecule has 120 valence electrons. The molecule has 2 N–H and O–H groups in total. The summed E-state index contributed by atoms with van der Waals surface area (Å²) in [5.74, 6) is -0.806. The lowest BCUT2D eigenvalue weighted by atomic mass is 10.0. The molecule has 0 saturated carbocycles. The van der Waals surface area contributed by atoms with Gasteiger partial charge in [0.25, 0.3) is 5.91 Å². The third kappa shape index (κ3) is 4.16. The second-order valence-corrected chi connectivity index (χ2v) is 5.93. The normalized spacial score (nSPS) is 15.9. The van der Waals surface area contributed by atoms with E-state index in [2.05, 4.69) is 15.3 Å². The molecule has 0 radical (unpaired) electrons. The molecule has 1 atom stereocenters. The minimum atomic E-state index is -1.03. The van der Waals surface area contributed by atoms with Crippen LogP contribution >= 0.6 is 0 Å². The van der Waals surface area contributed by atoms with E-state index in [0.29, 0.717) is 12.4 Å². The summed E-state index contributed by atoms with van der Waals surface area (Å²) < 4.78 is 0. The van der Waals surface area contributed by atoms with Gasteiger partial charge >= 0.3 is 5.97 Å². The third-order valence-corrected chi connectivity index (χ3v) is 3.57. The molecule has 2 heterocycles. The van der Waals surface area contributed by atoms with E-state index in [9.17, 15) is 14.7 Å². The topological polar surface area (TPSA) is 95.4 Å². The highest BCUT2D eigenvalue weighted by Crippen LogP contribution is 2.15. The van der Waals surface area contributed by atoms with Crippen molar-refractivity contribution >= 4 is 17.8 Å². The highest BCUT2D eigenvalue weighted by atomic mass is 16.4. The van der Waals surface area contributed by atoms with E-state index in [0.717, 1.165) is 25.9 Å². The Kier molecular flexibility index (Phi) is 5.30. The first-order chi connectivity index (χ1) is 10.5. The molecular weight excluding hydrogens is 284 g/mol. The molecule has 7 heteroatoms. The Bertz CT molecular complexity index is 541. The van der Waals surface area contributed by atoms with E-state index >= 15 is 0 Å². The smallest absolute Gasteiger partial charge is 0.326 e. The molecule has 7 nitrogen and oxygen atoms in total. The Labute approximate surface area is 129 Å².